The van der Waals surface area contributed by atoms with Crippen molar-refractivity contribution in [1.29, 1.82) is 0 Å². The van der Waals surface area contributed by atoms with E-state index in [1.165, 1.54) is 16.9 Å². The molecule has 3 aromatic carbocycles. The topological polar surface area (TPSA) is 46.1 Å². The Kier molecular flexibility index (Phi) is 5.71. The largest absolute Gasteiger partial charge is 0.278 e. The maximum absolute atomic E-state index is 13.7. The van der Waals surface area contributed by atoms with Gasteiger partial charge in [-0.25, -0.2) is 4.98 Å². The quantitative estimate of drug-likeness (QED) is 0.296. The maximum Gasteiger partial charge on any atom is 0.260 e. The lowest BCUT2D eigenvalue weighted by Crippen LogP contribution is -2.30. The number of thiazole rings is 1. The van der Waals surface area contributed by atoms with Crippen LogP contribution in [0.5, 0.6) is 0 Å². The molecule has 1 amide bonds. The lowest BCUT2D eigenvalue weighted by molar-refractivity contribution is 0.0985. The Hall–Kier alpha value is -3.83. The molecule has 0 aliphatic rings. The Bertz CT molecular complexity index is 1410. The lowest BCUT2D eigenvalue weighted by atomic mass is 10.0. The van der Waals surface area contributed by atoms with Gasteiger partial charge in [0, 0.05) is 11.8 Å². The van der Waals surface area contributed by atoms with E-state index < -0.39 is 0 Å². The normalized spacial score (nSPS) is 11.0. The Morgan fingerprint density at radius 2 is 1.58 bits per heavy atom. The number of aryl methyl sites for hydroxylation is 2. The summed E-state index contributed by atoms with van der Waals surface area (Å²) < 4.78 is 1.08. The summed E-state index contributed by atoms with van der Waals surface area (Å²) in [4.78, 5) is 24.7. The van der Waals surface area contributed by atoms with Gasteiger partial charge in [-0.2, -0.15) is 0 Å². The number of pyridine rings is 1. The van der Waals surface area contributed by atoms with Gasteiger partial charge in [0.15, 0.2) is 5.13 Å². The van der Waals surface area contributed by atoms with E-state index in [1.807, 2.05) is 60.7 Å². The van der Waals surface area contributed by atoms with Crippen molar-refractivity contribution in [3.8, 4) is 11.1 Å². The molecule has 0 spiro atoms. The first-order valence-corrected chi connectivity index (χ1v) is 11.7. The van der Waals surface area contributed by atoms with Crippen LogP contribution in [0.2, 0.25) is 0 Å². The van der Waals surface area contributed by atoms with Crippen LogP contribution in [0.4, 0.5) is 5.13 Å². The molecule has 0 bridgehead atoms. The highest BCUT2D eigenvalue weighted by Gasteiger charge is 2.23. The van der Waals surface area contributed by atoms with Crippen LogP contribution < -0.4 is 4.90 Å². The zero-order chi connectivity index (χ0) is 22.8. The highest BCUT2D eigenvalue weighted by molar-refractivity contribution is 7.22. The van der Waals surface area contributed by atoms with Crippen molar-refractivity contribution in [3.05, 3.63) is 114 Å². The second-order valence-corrected chi connectivity index (χ2v) is 9.02. The number of hydrogen-bond donors (Lipinski definition) is 0. The number of carbonyl (C=O) groups excluding carboxylic acids is 1. The molecule has 0 radical (unpaired) electrons. The van der Waals surface area contributed by atoms with Crippen molar-refractivity contribution in [2.75, 3.05) is 4.90 Å². The third-order valence-electron chi connectivity index (χ3n) is 5.83. The number of anilines is 1. The zero-order valence-corrected chi connectivity index (χ0v) is 19.3. The molecule has 0 aliphatic heterocycles. The minimum atomic E-state index is -0.0892. The van der Waals surface area contributed by atoms with Gasteiger partial charge in [-0.15, -0.1) is 0 Å². The fourth-order valence-corrected chi connectivity index (χ4v) is 4.82. The fraction of sp³-hybridized carbons (Fsp3) is 0.107. The summed E-state index contributed by atoms with van der Waals surface area (Å²) in [5.41, 5.74) is 6.93. The van der Waals surface area contributed by atoms with Crippen molar-refractivity contribution >= 4 is 32.6 Å². The van der Waals surface area contributed by atoms with E-state index in [1.54, 1.807) is 11.1 Å². The summed E-state index contributed by atoms with van der Waals surface area (Å²) in [6.45, 7) is 4.52. The van der Waals surface area contributed by atoms with Gasteiger partial charge in [0.2, 0.25) is 0 Å². The van der Waals surface area contributed by atoms with Crippen LogP contribution in [0.25, 0.3) is 21.3 Å². The fourth-order valence-electron chi connectivity index (χ4n) is 3.80. The third kappa shape index (κ3) is 4.28. The Morgan fingerprint density at radius 1 is 0.848 bits per heavy atom. The van der Waals surface area contributed by atoms with Crippen LogP contribution in [-0.2, 0) is 6.54 Å². The van der Waals surface area contributed by atoms with Crippen molar-refractivity contribution in [2.24, 2.45) is 0 Å². The molecule has 5 aromatic rings. The van der Waals surface area contributed by atoms with E-state index in [0.717, 1.165) is 32.6 Å². The first-order valence-electron chi connectivity index (χ1n) is 10.8. The van der Waals surface area contributed by atoms with Gasteiger partial charge >= 0.3 is 0 Å². The Balaban J connectivity index is 1.53. The number of rotatable bonds is 5. The molecule has 0 unspecified atom stereocenters. The number of amides is 1. The summed E-state index contributed by atoms with van der Waals surface area (Å²) >= 11 is 1.54. The van der Waals surface area contributed by atoms with Crippen molar-refractivity contribution in [3.63, 3.8) is 0 Å². The Labute approximate surface area is 197 Å². The van der Waals surface area contributed by atoms with E-state index in [9.17, 15) is 4.79 Å². The molecule has 0 fully saturated rings. The van der Waals surface area contributed by atoms with Gasteiger partial charge in [-0.05, 0) is 66.4 Å². The SMILES string of the molecule is Cc1ccc2sc(N(Cc3ccccn3)C(=O)c3ccc(-c4ccccc4)cc3)nc2c1C. The summed E-state index contributed by atoms with van der Waals surface area (Å²) in [5, 5.41) is 0.682. The molecule has 2 aromatic heterocycles. The zero-order valence-electron chi connectivity index (χ0n) is 18.5. The second-order valence-electron chi connectivity index (χ2n) is 8.01. The molecule has 33 heavy (non-hydrogen) atoms. The van der Waals surface area contributed by atoms with E-state index in [-0.39, 0.29) is 5.91 Å². The Morgan fingerprint density at radius 3 is 2.30 bits per heavy atom. The van der Waals surface area contributed by atoms with E-state index >= 15 is 0 Å². The first kappa shape index (κ1) is 21.0. The van der Waals surface area contributed by atoms with Crippen LogP contribution in [0.1, 0.15) is 27.2 Å². The van der Waals surface area contributed by atoms with E-state index in [4.69, 9.17) is 4.98 Å². The van der Waals surface area contributed by atoms with Crippen LogP contribution in [0.15, 0.2) is 91.1 Å². The number of hydrogen-bond acceptors (Lipinski definition) is 4. The van der Waals surface area contributed by atoms with Crippen LogP contribution >= 0.6 is 11.3 Å². The monoisotopic (exact) mass is 449 g/mol. The molecule has 0 aliphatic carbocycles. The molecule has 5 heteroatoms. The minimum absolute atomic E-state index is 0.0892. The number of aromatic nitrogens is 2. The van der Waals surface area contributed by atoms with Gasteiger partial charge in [-0.3, -0.25) is 14.7 Å². The molecule has 162 valence electrons. The van der Waals surface area contributed by atoms with Crippen LogP contribution in [0.3, 0.4) is 0 Å². The standard InChI is InChI=1S/C28H23N3OS/c1-19-11-16-25-26(20(19)2)30-28(33-25)31(18-24-10-6-7-17-29-24)27(32)23-14-12-22(13-15-23)21-8-4-3-5-9-21/h3-17H,18H2,1-2H3. The first-order chi connectivity index (χ1) is 16.1. The van der Waals surface area contributed by atoms with Crippen molar-refractivity contribution < 1.29 is 4.79 Å². The van der Waals surface area contributed by atoms with Crippen molar-refractivity contribution in [1.82, 2.24) is 9.97 Å². The molecule has 0 N–H and O–H groups in total. The molecule has 0 atom stereocenters. The van der Waals surface area contributed by atoms with Gasteiger partial charge < -0.3 is 0 Å². The molecule has 0 saturated carbocycles. The highest BCUT2D eigenvalue weighted by atomic mass is 32.1. The summed E-state index contributed by atoms with van der Waals surface area (Å²) in [6, 6.07) is 27.8. The number of carbonyl (C=O) groups is 1. The van der Waals surface area contributed by atoms with Crippen molar-refractivity contribution in [2.45, 2.75) is 20.4 Å². The maximum atomic E-state index is 13.7. The van der Waals surface area contributed by atoms with Crippen LogP contribution in [-0.4, -0.2) is 15.9 Å². The van der Waals surface area contributed by atoms with Crippen LogP contribution in [0, 0.1) is 13.8 Å². The number of fused-ring (bicyclic) bond motifs is 1. The molecule has 0 saturated heterocycles. The summed E-state index contributed by atoms with van der Waals surface area (Å²) in [6.07, 6.45) is 1.75. The third-order valence-corrected chi connectivity index (χ3v) is 6.88. The summed E-state index contributed by atoms with van der Waals surface area (Å²) in [5.74, 6) is -0.0892. The molecular formula is C28H23N3OS. The predicted octanol–water partition coefficient (Wildman–Crippen LogP) is 6.82. The molecular weight excluding hydrogens is 426 g/mol. The van der Waals surface area contributed by atoms with Gasteiger partial charge in [-0.1, -0.05) is 65.9 Å². The second kappa shape index (κ2) is 8.96. The number of benzene rings is 3. The van der Waals surface area contributed by atoms with Gasteiger partial charge in [0.05, 0.1) is 22.5 Å². The average Bonchev–Trinajstić information content (AvgIpc) is 3.30. The molecule has 2 heterocycles. The average molecular weight is 450 g/mol. The van der Waals surface area contributed by atoms with E-state index in [0.29, 0.717) is 17.2 Å². The van der Waals surface area contributed by atoms with Gasteiger partial charge in [0.25, 0.3) is 5.91 Å². The lowest BCUT2D eigenvalue weighted by Gasteiger charge is -2.20. The highest BCUT2D eigenvalue weighted by Crippen LogP contribution is 2.33. The molecule has 4 nitrogen and oxygen atoms in total. The predicted molar refractivity (Wildman–Crippen MR) is 136 cm³/mol. The number of nitrogens with zero attached hydrogens (tertiary/aromatic N) is 3. The summed E-state index contributed by atoms with van der Waals surface area (Å²) in [7, 11) is 0. The van der Waals surface area contributed by atoms with Gasteiger partial charge in [0.1, 0.15) is 0 Å². The minimum Gasteiger partial charge on any atom is -0.278 e. The smallest absolute Gasteiger partial charge is 0.260 e. The molecule has 5 rings (SSSR count). The van der Waals surface area contributed by atoms with E-state index in [2.05, 4.69) is 43.1 Å².